The van der Waals surface area contributed by atoms with E-state index in [1.54, 1.807) is 34.9 Å². The highest BCUT2D eigenvalue weighted by atomic mass is 35.5. The second-order valence-electron chi connectivity index (χ2n) is 4.37. The number of benzene rings is 2. The Labute approximate surface area is 143 Å². The molecule has 2 aromatic carbocycles. The number of aromatic hydroxyl groups is 2. The minimum Gasteiger partial charge on any atom is -0.508 e. The van der Waals surface area contributed by atoms with E-state index in [1.165, 1.54) is 12.1 Å². The van der Waals surface area contributed by atoms with Crippen molar-refractivity contribution >= 4 is 23.8 Å². The molecule has 3 aromatic rings. The van der Waals surface area contributed by atoms with Crippen LogP contribution in [0.2, 0.25) is 5.02 Å². The highest BCUT2D eigenvalue weighted by Gasteiger charge is 2.14. The zero-order valence-corrected chi connectivity index (χ0v) is 14.2. The maximum atomic E-state index is 9.99. The first-order chi connectivity index (χ1) is 11.1. The fraction of sp³-hybridized carbons (Fsp3) is 0.125. The molecule has 0 unspecified atom stereocenters. The molecule has 1 aromatic heterocycles. The Balaban J connectivity index is 0.000000924. The molecule has 0 aliphatic carbocycles. The molecule has 0 atom stereocenters. The molecule has 0 amide bonds. The number of aromatic amines is 1. The quantitative estimate of drug-likeness (QED) is 0.587. The van der Waals surface area contributed by atoms with Crippen LogP contribution in [0, 0.1) is 4.77 Å². The third-order valence-corrected chi connectivity index (χ3v) is 3.51. The van der Waals surface area contributed by atoms with E-state index in [1.807, 2.05) is 13.8 Å². The van der Waals surface area contributed by atoms with Crippen LogP contribution < -0.4 is 0 Å². The van der Waals surface area contributed by atoms with Gasteiger partial charge in [0.2, 0.25) is 0 Å². The largest absolute Gasteiger partial charge is 0.508 e. The lowest BCUT2D eigenvalue weighted by molar-refractivity contribution is 0.451. The molecule has 0 fully saturated rings. The van der Waals surface area contributed by atoms with E-state index in [2.05, 4.69) is 10.2 Å². The number of nitrogens with one attached hydrogen (secondary N) is 1. The number of halogens is 1. The van der Waals surface area contributed by atoms with Crippen LogP contribution in [-0.2, 0) is 0 Å². The van der Waals surface area contributed by atoms with Gasteiger partial charge in [0.05, 0.1) is 11.3 Å². The van der Waals surface area contributed by atoms with Crippen LogP contribution in [0.5, 0.6) is 11.5 Å². The first-order valence-electron chi connectivity index (χ1n) is 7.02. The molecule has 7 heteroatoms. The van der Waals surface area contributed by atoms with Gasteiger partial charge in [-0.25, -0.2) is 0 Å². The average molecular weight is 350 g/mol. The third kappa shape index (κ3) is 3.55. The topological polar surface area (TPSA) is 74.1 Å². The smallest absolute Gasteiger partial charge is 0.200 e. The molecule has 0 aliphatic heterocycles. The normalized spacial score (nSPS) is 10.0. The Bertz CT molecular complexity index is 857. The van der Waals surface area contributed by atoms with Crippen molar-refractivity contribution in [3.05, 3.63) is 52.3 Å². The van der Waals surface area contributed by atoms with Gasteiger partial charge in [-0.1, -0.05) is 25.4 Å². The van der Waals surface area contributed by atoms with Crippen molar-refractivity contribution in [3.8, 4) is 28.6 Å². The lowest BCUT2D eigenvalue weighted by Crippen LogP contribution is -1.97. The predicted octanol–water partition coefficient (Wildman–Crippen LogP) is 4.69. The van der Waals surface area contributed by atoms with Crippen LogP contribution in [0.25, 0.3) is 17.1 Å². The van der Waals surface area contributed by atoms with Crippen molar-refractivity contribution in [1.29, 1.82) is 0 Å². The zero-order chi connectivity index (χ0) is 17.0. The molecule has 0 saturated carbocycles. The Hall–Kier alpha value is -2.31. The minimum atomic E-state index is -0.0841. The van der Waals surface area contributed by atoms with Gasteiger partial charge in [0.15, 0.2) is 10.6 Å². The summed E-state index contributed by atoms with van der Waals surface area (Å²) >= 11 is 11.1. The van der Waals surface area contributed by atoms with Crippen molar-refractivity contribution < 1.29 is 10.2 Å². The van der Waals surface area contributed by atoms with E-state index in [0.717, 1.165) is 5.69 Å². The maximum absolute atomic E-state index is 9.99. The first-order valence-corrected chi connectivity index (χ1v) is 7.80. The molecule has 0 aliphatic rings. The van der Waals surface area contributed by atoms with Crippen LogP contribution in [-0.4, -0.2) is 25.0 Å². The fourth-order valence-electron chi connectivity index (χ4n) is 2.02. The molecule has 3 N–H and O–H groups in total. The monoisotopic (exact) mass is 349 g/mol. The van der Waals surface area contributed by atoms with Crippen LogP contribution in [0.3, 0.4) is 0 Å². The number of hydrogen-bond acceptors (Lipinski definition) is 4. The average Bonchev–Trinajstić information content (AvgIpc) is 2.92. The van der Waals surface area contributed by atoms with Crippen molar-refractivity contribution in [3.63, 3.8) is 0 Å². The van der Waals surface area contributed by atoms with Gasteiger partial charge in [-0.3, -0.25) is 9.67 Å². The fourth-order valence-corrected chi connectivity index (χ4v) is 2.38. The Morgan fingerprint density at radius 2 is 1.74 bits per heavy atom. The summed E-state index contributed by atoms with van der Waals surface area (Å²) in [6.45, 7) is 4.00. The summed E-state index contributed by atoms with van der Waals surface area (Å²) in [5, 5.41) is 26.8. The van der Waals surface area contributed by atoms with Crippen LogP contribution in [0.15, 0.2) is 42.5 Å². The second kappa shape index (κ2) is 7.30. The van der Waals surface area contributed by atoms with Crippen LogP contribution in [0.4, 0.5) is 0 Å². The van der Waals surface area contributed by atoms with Crippen molar-refractivity contribution in [2.24, 2.45) is 0 Å². The molecule has 5 nitrogen and oxygen atoms in total. The van der Waals surface area contributed by atoms with Crippen molar-refractivity contribution in [2.75, 3.05) is 0 Å². The van der Waals surface area contributed by atoms with Gasteiger partial charge < -0.3 is 10.2 Å². The van der Waals surface area contributed by atoms with Gasteiger partial charge >= 0.3 is 0 Å². The third-order valence-electron chi connectivity index (χ3n) is 2.98. The molecule has 3 rings (SSSR count). The van der Waals surface area contributed by atoms with Gasteiger partial charge in [-0.2, -0.15) is 5.10 Å². The number of hydrogen-bond donors (Lipinski definition) is 3. The predicted molar refractivity (Wildman–Crippen MR) is 93.9 cm³/mol. The number of phenols is 2. The molecule has 0 bridgehead atoms. The summed E-state index contributed by atoms with van der Waals surface area (Å²) in [7, 11) is 0. The number of aromatic nitrogens is 3. The first kappa shape index (κ1) is 17.1. The molecule has 0 saturated heterocycles. The van der Waals surface area contributed by atoms with E-state index < -0.39 is 0 Å². The summed E-state index contributed by atoms with van der Waals surface area (Å²) < 4.78 is 2.07. The SMILES string of the molecule is CC.Oc1ccc(-c2n[nH]c(=S)n2-c2ccc(Cl)cc2)c(O)c1. The molecular weight excluding hydrogens is 334 g/mol. The molecule has 23 heavy (non-hydrogen) atoms. The molecule has 0 radical (unpaired) electrons. The lowest BCUT2D eigenvalue weighted by atomic mass is 10.1. The molecule has 1 heterocycles. The summed E-state index contributed by atoms with van der Waals surface area (Å²) in [4.78, 5) is 0. The highest BCUT2D eigenvalue weighted by molar-refractivity contribution is 7.71. The van der Waals surface area contributed by atoms with Crippen molar-refractivity contribution in [2.45, 2.75) is 13.8 Å². The molecule has 0 spiro atoms. The number of nitrogens with zero attached hydrogens (tertiary/aromatic N) is 2. The number of phenolic OH excluding ortho intramolecular Hbond substituents is 2. The van der Waals surface area contributed by atoms with E-state index in [9.17, 15) is 10.2 Å². The van der Waals surface area contributed by atoms with Crippen molar-refractivity contribution in [1.82, 2.24) is 14.8 Å². The van der Waals surface area contributed by atoms with Gasteiger partial charge in [-0.05, 0) is 48.6 Å². The Morgan fingerprint density at radius 3 is 2.35 bits per heavy atom. The molecular formula is C16H16ClN3O2S. The van der Waals surface area contributed by atoms with Gasteiger partial charge in [0, 0.05) is 11.1 Å². The van der Waals surface area contributed by atoms with Crippen LogP contribution in [0.1, 0.15) is 13.8 Å². The Morgan fingerprint density at radius 1 is 1.09 bits per heavy atom. The van der Waals surface area contributed by atoms with E-state index in [0.29, 0.717) is 21.2 Å². The highest BCUT2D eigenvalue weighted by Crippen LogP contribution is 2.32. The van der Waals surface area contributed by atoms with Gasteiger partial charge in [-0.15, -0.1) is 0 Å². The lowest BCUT2D eigenvalue weighted by Gasteiger charge is -2.08. The standard InChI is InChI=1S/C14H10ClN3O2S.C2H6/c15-8-1-3-9(4-2-8)18-13(16-17-14(18)21)11-6-5-10(19)7-12(11)20;1-2/h1-7,19-20H,(H,17,21);1-2H3. The minimum absolute atomic E-state index is 0.0246. The number of H-pyrrole nitrogens is 1. The maximum Gasteiger partial charge on any atom is 0.200 e. The number of rotatable bonds is 2. The summed E-state index contributed by atoms with van der Waals surface area (Å²) in [6, 6.07) is 11.4. The van der Waals surface area contributed by atoms with Gasteiger partial charge in [0.25, 0.3) is 0 Å². The Kier molecular flexibility index (Phi) is 5.41. The van der Waals surface area contributed by atoms with E-state index in [4.69, 9.17) is 23.8 Å². The zero-order valence-electron chi connectivity index (χ0n) is 12.6. The summed E-state index contributed by atoms with van der Waals surface area (Å²) in [5.74, 6) is 0.336. The summed E-state index contributed by atoms with van der Waals surface area (Å²) in [6.07, 6.45) is 0. The van der Waals surface area contributed by atoms with Gasteiger partial charge in [0.1, 0.15) is 11.5 Å². The second-order valence-corrected chi connectivity index (χ2v) is 5.19. The van der Waals surface area contributed by atoms with E-state index >= 15 is 0 Å². The van der Waals surface area contributed by atoms with E-state index in [-0.39, 0.29) is 11.5 Å². The molecule has 120 valence electrons. The summed E-state index contributed by atoms with van der Waals surface area (Å²) in [5.41, 5.74) is 1.22. The van der Waals surface area contributed by atoms with Crippen LogP contribution >= 0.6 is 23.8 Å².